The first kappa shape index (κ1) is 9.74. The molecule has 0 radical (unpaired) electrons. The highest BCUT2D eigenvalue weighted by Gasteiger charge is 2.19. The van der Waals surface area contributed by atoms with E-state index >= 15 is 0 Å². The van der Waals surface area contributed by atoms with Gasteiger partial charge in [0.1, 0.15) is 5.76 Å². The van der Waals surface area contributed by atoms with E-state index in [1.807, 2.05) is 0 Å². The average molecular weight is 194 g/mol. The Kier molecular flexibility index (Phi) is 3.22. The molecule has 3 heteroatoms. The first-order valence-electron chi connectivity index (χ1n) is 5.27. The maximum Gasteiger partial charge on any atom is 0.116 e. The van der Waals surface area contributed by atoms with Crippen molar-refractivity contribution < 1.29 is 4.74 Å². The lowest BCUT2D eigenvalue weighted by Crippen LogP contribution is -2.48. The fourth-order valence-corrected chi connectivity index (χ4v) is 2.04. The van der Waals surface area contributed by atoms with Crippen LogP contribution >= 0.6 is 0 Å². The molecule has 0 bridgehead atoms. The molecule has 2 aliphatic rings. The number of nitrogens with one attached hydrogen (secondary N) is 1. The second-order valence-electron chi connectivity index (χ2n) is 3.76. The van der Waals surface area contributed by atoms with Crippen LogP contribution in [0.1, 0.15) is 6.42 Å². The van der Waals surface area contributed by atoms with E-state index in [4.69, 9.17) is 4.74 Å². The van der Waals surface area contributed by atoms with Gasteiger partial charge in [0, 0.05) is 32.2 Å². The van der Waals surface area contributed by atoms with Gasteiger partial charge in [-0.1, -0.05) is 6.08 Å². The molecule has 0 aromatic carbocycles. The zero-order valence-corrected chi connectivity index (χ0v) is 8.70. The Labute approximate surface area is 85.4 Å². The zero-order valence-electron chi connectivity index (χ0n) is 8.70. The lowest BCUT2D eigenvalue weighted by atomic mass is 10.1. The number of nitrogens with zero attached hydrogens (tertiary/aromatic N) is 1. The third-order valence-corrected chi connectivity index (χ3v) is 2.87. The predicted molar refractivity (Wildman–Crippen MR) is 57.1 cm³/mol. The number of rotatable bonds is 2. The Morgan fingerprint density at radius 1 is 1.43 bits per heavy atom. The molecular weight excluding hydrogens is 176 g/mol. The van der Waals surface area contributed by atoms with Gasteiger partial charge in [-0.05, 0) is 18.6 Å². The molecule has 1 atom stereocenters. The third-order valence-electron chi connectivity index (χ3n) is 2.87. The molecule has 3 nitrogen and oxygen atoms in total. The van der Waals surface area contributed by atoms with Gasteiger partial charge < -0.3 is 10.1 Å². The van der Waals surface area contributed by atoms with Crippen LogP contribution in [0.15, 0.2) is 24.0 Å². The Balaban J connectivity index is 1.97. The number of methoxy groups -OCH3 is 1. The van der Waals surface area contributed by atoms with Crippen molar-refractivity contribution in [3.8, 4) is 0 Å². The van der Waals surface area contributed by atoms with Crippen LogP contribution in [0, 0.1) is 0 Å². The summed E-state index contributed by atoms with van der Waals surface area (Å²) in [7, 11) is 1.73. The first-order chi connectivity index (χ1) is 6.90. The molecular formula is C11H18N2O. The molecule has 1 fully saturated rings. The number of ether oxygens (including phenoxy) is 1. The van der Waals surface area contributed by atoms with Crippen LogP contribution in [-0.4, -0.2) is 44.2 Å². The molecule has 2 rings (SSSR count). The molecule has 1 N–H and O–H groups in total. The highest BCUT2D eigenvalue weighted by molar-refractivity contribution is 5.20. The van der Waals surface area contributed by atoms with Crippen molar-refractivity contribution in [1.29, 1.82) is 0 Å². The predicted octanol–water partition coefficient (Wildman–Crippen LogP) is 0.750. The standard InChI is InChI=1S/C11H18N2O/c1-14-11-4-2-3-10(9-11)13-7-5-12-6-8-13/h2,4,9-10,12H,3,5-8H2,1H3. The summed E-state index contributed by atoms with van der Waals surface area (Å²) in [6.07, 6.45) is 7.60. The lowest BCUT2D eigenvalue weighted by Gasteiger charge is -2.34. The summed E-state index contributed by atoms with van der Waals surface area (Å²) in [6, 6.07) is 0.539. The monoisotopic (exact) mass is 194 g/mol. The van der Waals surface area contributed by atoms with Crippen LogP contribution < -0.4 is 5.32 Å². The van der Waals surface area contributed by atoms with Crippen LogP contribution in [0.2, 0.25) is 0 Å². The number of piperazine rings is 1. The summed E-state index contributed by atoms with van der Waals surface area (Å²) in [4.78, 5) is 2.51. The van der Waals surface area contributed by atoms with Crippen molar-refractivity contribution in [3.63, 3.8) is 0 Å². The highest BCUT2D eigenvalue weighted by atomic mass is 16.5. The summed E-state index contributed by atoms with van der Waals surface area (Å²) >= 11 is 0. The summed E-state index contributed by atoms with van der Waals surface area (Å²) in [5.41, 5.74) is 0. The molecule has 0 amide bonds. The molecule has 1 heterocycles. The number of hydrogen-bond donors (Lipinski definition) is 1. The van der Waals surface area contributed by atoms with Gasteiger partial charge in [0.2, 0.25) is 0 Å². The normalized spacial score (nSPS) is 28.6. The van der Waals surface area contributed by atoms with E-state index in [1.54, 1.807) is 7.11 Å². The van der Waals surface area contributed by atoms with Crippen molar-refractivity contribution in [3.05, 3.63) is 24.0 Å². The molecule has 78 valence electrons. The summed E-state index contributed by atoms with van der Waals surface area (Å²) in [5, 5.41) is 3.37. The first-order valence-corrected chi connectivity index (χ1v) is 5.27. The number of allylic oxidation sites excluding steroid dienone is 1. The Morgan fingerprint density at radius 2 is 2.21 bits per heavy atom. The second kappa shape index (κ2) is 4.62. The Bertz CT molecular complexity index is 242. The van der Waals surface area contributed by atoms with Crippen LogP contribution in [0.4, 0.5) is 0 Å². The fourth-order valence-electron chi connectivity index (χ4n) is 2.04. The minimum absolute atomic E-state index is 0.539. The van der Waals surface area contributed by atoms with Gasteiger partial charge in [0.15, 0.2) is 0 Å². The molecule has 0 spiro atoms. The van der Waals surface area contributed by atoms with E-state index in [0.717, 1.165) is 38.4 Å². The van der Waals surface area contributed by atoms with Crippen LogP contribution in [0.5, 0.6) is 0 Å². The van der Waals surface area contributed by atoms with E-state index in [-0.39, 0.29) is 0 Å². The Hall–Kier alpha value is -0.800. The lowest BCUT2D eigenvalue weighted by molar-refractivity contribution is 0.194. The van der Waals surface area contributed by atoms with Gasteiger partial charge in [-0.15, -0.1) is 0 Å². The van der Waals surface area contributed by atoms with Crippen molar-refractivity contribution >= 4 is 0 Å². The summed E-state index contributed by atoms with van der Waals surface area (Å²) in [6.45, 7) is 4.50. The summed E-state index contributed by atoms with van der Waals surface area (Å²) < 4.78 is 5.24. The van der Waals surface area contributed by atoms with E-state index in [1.165, 1.54) is 0 Å². The van der Waals surface area contributed by atoms with E-state index < -0.39 is 0 Å². The fraction of sp³-hybridized carbons (Fsp3) is 0.636. The zero-order chi connectivity index (χ0) is 9.80. The molecule has 0 aromatic heterocycles. The van der Waals surface area contributed by atoms with Crippen molar-refractivity contribution in [1.82, 2.24) is 10.2 Å². The minimum Gasteiger partial charge on any atom is -0.497 e. The molecule has 1 saturated heterocycles. The smallest absolute Gasteiger partial charge is 0.116 e. The molecule has 1 unspecified atom stereocenters. The molecule has 1 aliphatic carbocycles. The average Bonchev–Trinajstić information content (AvgIpc) is 2.30. The Morgan fingerprint density at radius 3 is 2.93 bits per heavy atom. The van der Waals surface area contributed by atoms with Gasteiger partial charge in [-0.3, -0.25) is 4.90 Å². The van der Waals surface area contributed by atoms with Gasteiger partial charge in [-0.2, -0.15) is 0 Å². The molecule has 0 aromatic rings. The quantitative estimate of drug-likeness (QED) is 0.702. The molecule has 1 aliphatic heterocycles. The van der Waals surface area contributed by atoms with E-state index in [0.29, 0.717) is 6.04 Å². The van der Waals surface area contributed by atoms with Gasteiger partial charge in [0.25, 0.3) is 0 Å². The largest absolute Gasteiger partial charge is 0.497 e. The van der Waals surface area contributed by atoms with Crippen molar-refractivity contribution in [2.45, 2.75) is 12.5 Å². The van der Waals surface area contributed by atoms with Crippen LogP contribution in [0.25, 0.3) is 0 Å². The van der Waals surface area contributed by atoms with Crippen LogP contribution in [-0.2, 0) is 4.74 Å². The summed E-state index contributed by atoms with van der Waals surface area (Å²) in [5.74, 6) is 1.000. The van der Waals surface area contributed by atoms with E-state index in [9.17, 15) is 0 Å². The maximum absolute atomic E-state index is 5.24. The highest BCUT2D eigenvalue weighted by Crippen LogP contribution is 2.16. The topological polar surface area (TPSA) is 24.5 Å². The number of hydrogen-bond acceptors (Lipinski definition) is 3. The third kappa shape index (κ3) is 2.16. The van der Waals surface area contributed by atoms with Crippen molar-refractivity contribution in [2.75, 3.05) is 33.3 Å². The van der Waals surface area contributed by atoms with Gasteiger partial charge in [-0.25, -0.2) is 0 Å². The van der Waals surface area contributed by atoms with Gasteiger partial charge in [0.05, 0.1) is 7.11 Å². The van der Waals surface area contributed by atoms with Crippen LogP contribution in [0.3, 0.4) is 0 Å². The maximum atomic E-state index is 5.24. The SMILES string of the molecule is COC1=CC(N2CCNCC2)CC=C1. The molecule has 0 saturated carbocycles. The van der Waals surface area contributed by atoms with Gasteiger partial charge >= 0.3 is 0 Å². The van der Waals surface area contributed by atoms with Crippen molar-refractivity contribution in [2.24, 2.45) is 0 Å². The molecule has 14 heavy (non-hydrogen) atoms. The second-order valence-corrected chi connectivity index (χ2v) is 3.76. The minimum atomic E-state index is 0.539. The van der Waals surface area contributed by atoms with E-state index in [2.05, 4.69) is 28.4 Å².